The van der Waals surface area contributed by atoms with E-state index in [2.05, 4.69) is 5.32 Å². The Labute approximate surface area is 232 Å². The number of amides is 2. The predicted octanol–water partition coefficient (Wildman–Crippen LogP) is 4.71. The second kappa shape index (κ2) is 13.4. The summed E-state index contributed by atoms with van der Waals surface area (Å²) in [4.78, 5) is 28.0. The number of halogens is 4. The van der Waals surface area contributed by atoms with E-state index in [1.54, 1.807) is 31.2 Å². The number of nitrogens with one attached hydrogen (secondary N) is 1. The molecule has 8 nitrogen and oxygen atoms in total. The van der Waals surface area contributed by atoms with Crippen LogP contribution in [0.15, 0.2) is 42.5 Å². The van der Waals surface area contributed by atoms with Gasteiger partial charge in [-0.1, -0.05) is 44.5 Å². The third kappa shape index (κ3) is 9.03. The van der Waals surface area contributed by atoms with Crippen LogP contribution in [0.25, 0.3) is 0 Å². The molecule has 1 N–H and O–H groups in total. The maximum atomic E-state index is 13.7. The summed E-state index contributed by atoms with van der Waals surface area (Å²) in [5.74, 6) is -0.600. The zero-order valence-electron chi connectivity index (χ0n) is 22.4. The third-order valence-corrected chi connectivity index (χ3v) is 7.22. The van der Waals surface area contributed by atoms with Crippen LogP contribution >= 0.6 is 11.6 Å². The lowest BCUT2D eigenvalue weighted by Crippen LogP contribution is -2.52. The van der Waals surface area contributed by atoms with E-state index < -0.39 is 51.9 Å². The van der Waals surface area contributed by atoms with Gasteiger partial charge < -0.3 is 15.0 Å². The standard InChI is InChI=1S/C26H33ClF3N3O5S/c1-6-22(25(35)31-14-17(2)3)32(15-18-8-7-9-20(12-18)38-4)24(34)16-33(39(5,36)37)23-13-19(26(28,29)30)10-11-21(23)27/h7-13,17,22H,6,14-16H2,1-5H3,(H,31,35)/t22-/m1/s1. The number of methoxy groups -OCH3 is 1. The molecule has 0 fully saturated rings. The van der Waals surface area contributed by atoms with E-state index in [1.165, 1.54) is 12.0 Å². The van der Waals surface area contributed by atoms with Crippen LogP contribution in [-0.4, -0.2) is 57.6 Å². The fourth-order valence-electron chi connectivity index (χ4n) is 3.78. The molecule has 0 unspecified atom stereocenters. The Morgan fingerprint density at radius 1 is 1.13 bits per heavy atom. The van der Waals surface area contributed by atoms with E-state index in [-0.39, 0.29) is 23.9 Å². The van der Waals surface area contributed by atoms with Crippen molar-refractivity contribution in [1.29, 1.82) is 0 Å². The number of carbonyl (C=O) groups is 2. The third-order valence-electron chi connectivity index (χ3n) is 5.78. The van der Waals surface area contributed by atoms with Gasteiger partial charge in [0, 0.05) is 13.1 Å². The number of sulfonamides is 1. The minimum absolute atomic E-state index is 0.0858. The summed E-state index contributed by atoms with van der Waals surface area (Å²) in [6.45, 7) is 4.90. The lowest BCUT2D eigenvalue weighted by Gasteiger charge is -2.33. The van der Waals surface area contributed by atoms with E-state index in [0.717, 1.165) is 18.4 Å². The van der Waals surface area contributed by atoms with Crippen LogP contribution in [-0.2, 0) is 32.3 Å². The van der Waals surface area contributed by atoms with Crippen LogP contribution < -0.4 is 14.4 Å². The molecule has 2 aromatic carbocycles. The highest BCUT2D eigenvalue weighted by Crippen LogP contribution is 2.36. The molecule has 2 rings (SSSR count). The highest BCUT2D eigenvalue weighted by Gasteiger charge is 2.35. The molecule has 0 bridgehead atoms. The summed E-state index contributed by atoms with van der Waals surface area (Å²) in [6.07, 6.45) is -3.81. The van der Waals surface area contributed by atoms with Crippen molar-refractivity contribution in [2.24, 2.45) is 5.92 Å². The van der Waals surface area contributed by atoms with Gasteiger partial charge >= 0.3 is 6.18 Å². The lowest BCUT2D eigenvalue weighted by molar-refractivity contribution is -0.140. The van der Waals surface area contributed by atoms with E-state index in [9.17, 15) is 31.2 Å². The molecule has 0 heterocycles. The van der Waals surface area contributed by atoms with Gasteiger partial charge in [0.05, 0.1) is 29.6 Å². The second-order valence-corrected chi connectivity index (χ2v) is 11.7. The van der Waals surface area contributed by atoms with Gasteiger partial charge in [0.25, 0.3) is 0 Å². The van der Waals surface area contributed by atoms with Crippen LogP contribution in [0.5, 0.6) is 5.75 Å². The van der Waals surface area contributed by atoms with Crippen LogP contribution in [0.2, 0.25) is 5.02 Å². The Balaban J connectivity index is 2.54. The topological polar surface area (TPSA) is 96.0 Å². The van der Waals surface area contributed by atoms with Gasteiger partial charge in [-0.05, 0) is 48.2 Å². The summed E-state index contributed by atoms with van der Waals surface area (Å²) in [5.41, 5.74) is -1.03. The average Bonchev–Trinajstić information content (AvgIpc) is 2.85. The SMILES string of the molecule is CC[C@H](C(=O)NCC(C)C)N(Cc1cccc(OC)c1)C(=O)CN(c1cc(C(F)(F)F)ccc1Cl)S(C)(=O)=O. The molecule has 0 saturated heterocycles. The quantitative estimate of drug-likeness (QED) is 0.386. The molecule has 0 aliphatic heterocycles. The molecule has 0 radical (unpaired) electrons. The van der Waals surface area contributed by atoms with Gasteiger partial charge in [-0.25, -0.2) is 8.42 Å². The summed E-state index contributed by atoms with van der Waals surface area (Å²) >= 11 is 6.11. The van der Waals surface area contributed by atoms with Crippen LogP contribution in [0, 0.1) is 5.92 Å². The Morgan fingerprint density at radius 3 is 2.33 bits per heavy atom. The Bertz CT molecular complexity index is 1270. The fraction of sp³-hybridized carbons (Fsp3) is 0.462. The summed E-state index contributed by atoms with van der Waals surface area (Å²) < 4.78 is 71.3. The first kappa shape index (κ1) is 32.2. The number of benzene rings is 2. The first-order valence-corrected chi connectivity index (χ1v) is 14.4. The van der Waals surface area contributed by atoms with Crippen LogP contribution in [0.4, 0.5) is 18.9 Å². The summed E-state index contributed by atoms with van der Waals surface area (Å²) in [5, 5.41) is 2.50. The van der Waals surface area contributed by atoms with Crippen LogP contribution in [0.1, 0.15) is 38.3 Å². The molecule has 216 valence electrons. The number of rotatable bonds is 12. The van der Waals surface area contributed by atoms with Crippen molar-refractivity contribution in [3.05, 3.63) is 58.6 Å². The largest absolute Gasteiger partial charge is 0.497 e. The van der Waals surface area contributed by atoms with E-state index in [0.29, 0.717) is 28.2 Å². The molecule has 2 amide bonds. The molecule has 39 heavy (non-hydrogen) atoms. The second-order valence-electron chi connectivity index (χ2n) is 9.37. The molecule has 1 atom stereocenters. The van der Waals surface area contributed by atoms with Crippen LogP contribution in [0.3, 0.4) is 0 Å². The summed E-state index contributed by atoms with van der Waals surface area (Å²) in [6, 6.07) is 8.00. The molecular formula is C26H33ClF3N3O5S. The van der Waals surface area contributed by atoms with E-state index >= 15 is 0 Å². The maximum Gasteiger partial charge on any atom is 0.416 e. The van der Waals surface area contributed by atoms with Crippen molar-refractivity contribution in [3.8, 4) is 5.75 Å². The monoisotopic (exact) mass is 591 g/mol. The molecule has 0 aromatic heterocycles. The Morgan fingerprint density at radius 2 is 1.79 bits per heavy atom. The van der Waals surface area contributed by atoms with Gasteiger partial charge in [-0.15, -0.1) is 0 Å². The molecular weight excluding hydrogens is 559 g/mol. The van der Waals surface area contributed by atoms with E-state index in [4.69, 9.17) is 16.3 Å². The molecule has 0 saturated carbocycles. The first-order chi connectivity index (χ1) is 18.1. The smallest absolute Gasteiger partial charge is 0.416 e. The minimum Gasteiger partial charge on any atom is -0.497 e. The Hall–Kier alpha value is -2.99. The number of hydrogen-bond acceptors (Lipinski definition) is 5. The number of ether oxygens (including phenoxy) is 1. The zero-order chi connectivity index (χ0) is 29.5. The van der Waals surface area contributed by atoms with Crippen molar-refractivity contribution in [1.82, 2.24) is 10.2 Å². The predicted molar refractivity (Wildman–Crippen MR) is 144 cm³/mol. The highest BCUT2D eigenvalue weighted by atomic mass is 35.5. The number of nitrogens with zero attached hydrogens (tertiary/aromatic N) is 2. The van der Waals surface area contributed by atoms with Gasteiger partial charge in [-0.2, -0.15) is 13.2 Å². The maximum absolute atomic E-state index is 13.7. The molecule has 13 heteroatoms. The average molecular weight is 592 g/mol. The van der Waals surface area contributed by atoms with Crippen molar-refractivity contribution in [2.75, 3.05) is 30.8 Å². The number of alkyl halides is 3. The number of hydrogen-bond donors (Lipinski definition) is 1. The number of carbonyl (C=O) groups excluding carboxylic acids is 2. The van der Waals surface area contributed by atoms with Crippen molar-refractivity contribution in [3.63, 3.8) is 0 Å². The molecule has 0 spiro atoms. The van der Waals surface area contributed by atoms with Crippen molar-refractivity contribution >= 4 is 39.1 Å². The van der Waals surface area contributed by atoms with Crippen molar-refractivity contribution < 1.29 is 35.9 Å². The minimum atomic E-state index is -4.77. The van der Waals surface area contributed by atoms with Crippen molar-refractivity contribution in [2.45, 2.75) is 46.0 Å². The van der Waals surface area contributed by atoms with Gasteiger partial charge in [0.2, 0.25) is 21.8 Å². The highest BCUT2D eigenvalue weighted by molar-refractivity contribution is 7.92. The van der Waals surface area contributed by atoms with E-state index in [1.807, 2.05) is 13.8 Å². The molecule has 2 aromatic rings. The lowest BCUT2D eigenvalue weighted by atomic mass is 10.1. The van der Waals surface area contributed by atoms with Gasteiger partial charge in [-0.3, -0.25) is 13.9 Å². The van der Waals surface area contributed by atoms with Gasteiger partial charge in [0.15, 0.2) is 0 Å². The summed E-state index contributed by atoms with van der Waals surface area (Å²) in [7, 11) is -2.80. The first-order valence-electron chi connectivity index (χ1n) is 12.1. The molecule has 0 aliphatic rings. The zero-order valence-corrected chi connectivity index (χ0v) is 24.0. The normalized spacial score (nSPS) is 12.7. The molecule has 0 aliphatic carbocycles. The Kier molecular flexibility index (Phi) is 11.1. The number of anilines is 1. The fourth-order valence-corrected chi connectivity index (χ4v) is 4.91. The van der Waals surface area contributed by atoms with Gasteiger partial charge in [0.1, 0.15) is 18.3 Å².